The van der Waals surface area contributed by atoms with Gasteiger partial charge in [0, 0.05) is 36.6 Å². The highest BCUT2D eigenvalue weighted by molar-refractivity contribution is 7.13. The first-order valence-corrected chi connectivity index (χ1v) is 11.3. The summed E-state index contributed by atoms with van der Waals surface area (Å²) in [4.78, 5) is 33.9. The SMILES string of the molecule is O=C(O)CN1CCc2nc(C(=O)N3CCCc4c(-c5ccccc5)cccc43)sc2C1. The maximum absolute atomic E-state index is 13.5. The van der Waals surface area contributed by atoms with Crippen molar-refractivity contribution in [3.05, 3.63) is 69.7 Å². The van der Waals surface area contributed by atoms with Gasteiger partial charge in [0.2, 0.25) is 0 Å². The van der Waals surface area contributed by atoms with Gasteiger partial charge in [0.25, 0.3) is 5.91 Å². The van der Waals surface area contributed by atoms with E-state index in [9.17, 15) is 9.59 Å². The van der Waals surface area contributed by atoms with Gasteiger partial charge >= 0.3 is 5.97 Å². The van der Waals surface area contributed by atoms with Gasteiger partial charge in [0.1, 0.15) is 0 Å². The number of hydrogen-bond acceptors (Lipinski definition) is 5. The molecule has 7 heteroatoms. The number of amides is 1. The number of carboxylic acid groups (broad SMARTS) is 1. The molecule has 2 aliphatic heterocycles. The Kier molecular flexibility index (Phi) is 5.29. The van der Waals surface area contributed by atoms with E-state index in [-0.39, 0.29) is 12.5 Å². The molecule has 0 unspecified atom stereocenters. The molecule has 1 aromatic heterocycles. The molecule has 3 aromatic rings. The van der Waals surface area contributed by atoms with Gasteiger partial charge in [0.15, 0.2) is 5.01 Å². The molecule has 5 rings (SSSR count). The van der Waals surface area contributed by atoms with E-state index in [1.807, 2.05) is 40.1 Å². The highest BCUT2D eigenvalue weighted by atomic mass is 32.1. The molecule has 1 amide bonds. The molecule has 31 heavy (non-hydrogen) atoms. The molecule has 0 bridgehead atoms. The third kappa shape index (κ3) is 3.86. The summed E-state index contributed by atoms with van der Waals surface area (Å²) >= 11 is 1.41. The summed E-state index contributed by atoms with van der Waals surface area (Å²) in [6, 6.07) is 16.5. The monoisotopic (exact) mass is 433 g/mol. The van der Waals surface area contributed by atoms with E-state index < -0.39 is 5.97 Å². The van der Waals surface area contributed by atoms with Gasteiger partial charge in [-0.1, -0.05) is 42.5 Å². The summed E-state index contributed by atoms with van der Waals surface area (Å²) in [6.45, 7) is 1.90. The summed E-state index contributed by atoms with van der Waals surface area (Å²) < 4.78 is 0. The number of carbonyl (C=O) groups is 2. The normalized spacial score (nSPS) is 15.9. The topological polar surface area (TPSA) is 73.7 Å². The van der Waals surface area contributed by atoms with Crippen molar-refractivity contribution in [1.29, 1.82) is 0 Å². The minimum absolute atomic E-state index is 0.0163. The molecule has 0 spiro atoms. The Balaban J connectivity index is 1.44. The average Bonchev–Trinajstić information content (AvgIpc) is 3.21. The second-order valence-electron chi connectivity index (χ2n) is 7.97. The summed E-state index contributed by atoms with van der Waals surface area (Å²) in [5.74, 6) is -0.890. The van der Waals surface area contributed by atoms with Gasteiger partial charge in [-0.25, -0.2) is 4.98 Å². The summed E-state index contributed by atoms with van der Waals surface area (Å²) in [5, 5.41) is 9.56. The van der Waals surface area contributed by atoms with Crippen LogP contribution >= 0.6 is 11.3 Å². The molecule has 0 aliphatic carbocycles. The van der Waals surface area contributed by atoms with Crippen molar-refractivity contribution >= 4 is 28.9 Å². The lowest BCUT2D eigenvalue weighted by Crippen LogP contribution is -2.35. The lowest BCUT2D eigenvalue weighted by atomic mass is 9.92. The van der Waals surface area contributed by atoms with E-state index in [1.165, 1.54) is 22.5 Å². The van der Waals surface area contributed by atoms with Crippen LogP contribution in [-0.4, -0.2) is 46.5 Å². The lowest BCUT2D eigenvalue weighted by Gasteiger charge is -2.30. The van der Waals surface area contributed by atoms with Crippen LogP contribution in [0.5, 0.6) is 0 Å². The first kappa shape index (κ1) is 19.9. The number of nitrogens with zero attached hydrogens (tertiary/aromatic N) is 3. The smallest absolute Gasteiger partial charge is 0.317 e. The fourth-order valence-electron chi connectivity index (χ4n) is 4.51. The van der Waals surface area contributed by atoms with E-state index in [0.717, 1.165) is 34.7 Å². The van der Waals surface area contributed by atoms with Crippen LogP contribution in [0.1, 0.15) is 32.4 Å². The Hall–Kier alpha value is -3.03. The zero-order valence-electron chi connectivity index (χ0n) is 17.1. The van der Waals surface area contributed by atoms with Gasteiger partial charge in [-0.05, 0) is 35.6 Å². The zero-order valence-corrected chi connectivity index (χ0v) is 17.9. The number of anilines is 1. The third-order valence-corrected chi connectivity index (χ3v) is 7.00. The number of benzene rings is 2. The number of thiazole rings is 1. The molecular weight excluding hydrogens is 410 g/mol. The molecule has 0 radical (unpaired) electrons. The largest absolute Gasteiger partial charge is 0.480 e. The molecule has 1 N–H and O–H groups in total. The van der Waals surface area contributed by atoms with Crippen molar-refractivity contribution < 1.29 is 14.7 Å². The van der Waals surface area contributed by atoms with Crippen molar-refractivity contribution in [2.45, 2.75) is 25.8 Å². The number of carboxylic acids is 1. The molecule has 3 heterocycles. The van der Waals surface area contributed by atoms with Crippen LogP contribution in [0.3, 0.4) is 0 Å². The van der Waals surface area contributed by atoms with Gasteiger partial charge < -0.3 is 10.0 Å². The quantitative estimate of drug-likeness (QED) is 0.677. The first-order chi connectivity index (χ1) is 15.1. The van der Waals surface area contributed by atoms with E-state index >= 15 is 0 Å². The molecule has 2 aliphatic rings. The Labute approximate surface area is 184 Å². The van der Waals surface area contributed by atoms with Crippen molar-refractivity contribution in [2.24, 2.45) is 0 Å². The zero-order chi connectivity index (χ0) is 21.4. The minimum atomic E-state index is -0.830. The predicted molar refractivity (Wildman–Crippen MR) is 121 cm³/mol. The maximum Gasteiger partial charge on any atom is 0.317 e. The molecular formula is C24H23N3O3S. The van der Waals surface area contributed by atoms with Gasteiger partial charge in [-0.2, -0.15) is 0 Å². The minimum Gasteiger partial charge on any atom is -0.480 e. The number of aliphatic carboxylic acids is 1. The summed E-state index contributed by atoms with van der Waals surface area (Å²) in [5.41, 5.74) is 5.46. The molecule has 0 saturated carbocycles. The van der Waals surface area contributed by atoms with Gasteiger partial charge in [-0.15, -0.1) is 11.3 Å². The lowest BCUT2D eigenvalue weighted by molar-refractivity contribution is -0.138. The number of carbonyl (C=O) groups excluding carboxylic acids is 1. The van der Waals surface area contributed by atoms with E-state index in [4.69, 9.17) is 5.11 Å². The van der Waals surface area contributed by atoms with Crippen LogP contribution in [0.2, 0.25) is 0 Å². The average molecular weight is 434 g/mol. The van der Waals surface area contributed by atoms with Gasteiger partial charge in [0.05, 0.1) is 12.2 Å². The second kappa shape index (κ2) is 8.24. The Morgan fingerprint density at radius 2 is 1.87 bits per heavy atom. The highest BCUT2D eigenvalue weighted by Gasteiger charge is 2.30. The fourth-order valence-corrected chi connectivity index (χ4v) is 5.60. The number of aromatic nitrogens is 1. The number of hydrogen-bond donors (Lipinski definition) is 1. The molecule has 158 valence electrons. The molecule has 6 nitrogen and oxygen atoms in total. The van der Waals surface area contributed by atoms with Crippen LogP contribution in [0.4, 0.5) is 5.69 Å². The predicted octanol–water partition coefficient (Wildman–Crippen LogP) is 3.85. The van der Waals surface area contributed by atoms with Crippen molar-refractivity contribution in [1.82, 2.24) is 9.88 Å². The molecule has 2 aromatic carbocycles. The van der Waals surface area contributed by atoms with Gasteiger partial charge in [-0.3, -0.25) is 14.5 Å². The summed E-state index contributed by atoms with van der Waals surface area (Å²) in [7, 11) is 0. The maximum atomic E-state index is 13.5. The van der Waals surface area contributed by atoms with Crippen molar-refractivity contribution in [3.8, 4) is 11.1 Å². The fraction of sp³-hybridized carbons (Fsp3) is 0.292. The van der Waals surface area contributed by atoms with Crippen LogP contribution in [-0.2, 0) is 24.2 Å². The van der Waals surface area contributed by atoms with Crippen molar-refractivity contribution in [3.63, 3.8) is 0 Å². The highest BCUT2D eigenvalue weighted by Crippen LogP contribution is 2.37. The number of fused-ring (bicyclic) bond motifs is 2. The standard InChI is InChI=1S/C24H23N3O3S/c28-22(29)15-26-13-11-19-21(14-26)31-23(25-19)24(30)27-12-5-9-18-17(8-4-10-20(18)27)16-6-2-1-3-7-16/h1-4,6-8,10H,5,9,11-15H2,(H,28,29). The Bertz CT molecular complexity index is 1140. The molecule has 0 fully saturated rings. The van der Waals surface area contributed by atoms with Crippen LogP contribution in [0.15, 0.2) is 48.5 Å². The summed E-state index contributed by atoms with van der Waals surface area (Å²) in [6.07, 6.45) is 2.55. The second-order valence-corrected chi connectivity index (χ2v) is 9.06. The first-order valence-electron chi connectivity index (χ1n) is 10.5. The Morgan fingerprint density at radius 3 is 2.68 bits per heavy atom. The van der Waals surface area contributed by atoms with Crippen molar-refractivity contribution in [2.75, 3.05) is 24.5 Å². The van der Waals surface area contributed by atoms with E-state index in [1.54, 1.807) is 0 Å². The molecule has 0 atom stereocenters. The molecule has 0 saturated heterocycles. The van der Waals surface area contributed by atoms with E-state index in [0.29, 0.717) is 31.1 Å². The third-order valence-electron chi connectivity index (χ3n) is 5.93. The number of rotatable bonds is 4. The Morgan fingerprint density at radius 1 is 1.03 bits per heavy atom. The van der Waals surface area contributed by atoms with E-state index in [2.05, 4.69) is 23.2 Å². The van der Waals surface area contributed by atoms with Crippen LogP contribution in [0, 0.1) is 0 Å². The van der Waals surface area contributed by atoms with Crippen LogP contribution in [0.25, 0.3) is 11.1 Å². The van der Waals surface area contributed by atoms with Crippen LogP contribution < -0.4 is 4.90 Å².